The number of benzene rings is 1. The van der Waals surface area contributed by atoms with Crippen molar-refractivity contribution in [2.45, 2.75) is 19.0 Å². The fraction of sp³-hybridized carbons (Fsp3) is 0.385. The third kappa shape index (κ3) is 3.24. The molecular formula is C13H15FN2O4. The normalized spacial score (nSPS) is 19.6. The van der Waals surface area contributed by atoms with Gasteiger partial charge in [0.05, 0.1) is 6.42 Å². The number of nitrogens with one attached hydrogen (secondary N) is 1. The summed E-state index contributed by atoms with van der Waals surface area (Å²) >= 11 is 0. The number of aliphatic carboxylic acids is 1. The van der Waals surface area contributed by atoms with E-state index in [1.54, 1.807) is 11.0 Å². The Bertz CT molecular complexity index is 535. The second-order valence-electron chi connectivity index (χ2n) is 4.66. The molecule has 1 saturated heterocycles. The van der Waals surface area contributed by atoms with E-state index in [9.17, 15) is 14.0 Å². The van der Waals surface area contributed by atoms with Gasteiger partial charge in [-0.3, -0.25) is 14.5 Å². The van der Waals surface area contributed by atoms with E-state index in [1.165, 1.54) is 12.1 Å². The van der Waals surface area contributed by atoms with Gasteiger partial charge in [-0.1, -0.05) is 6.07 Å². The van der Waals surface area contributed by atoms with Crippen LogP contribution in [0.4, 0.5) is 4.39 Å². The second-order valence-corrected chi connectivity index (χ2v) is 4.66. The van der Waals surface area contributed by atoms with Crippen molar-refractivity contribution in [3.8, 4) is 5.75 Å². The molecule has 1 aromatic rings. The van der Waals surface area contributed by atoms with Crippen molar-refractivity contribution >= 4 is 11.9 Å². The number of hydrogen-bond donors (Lipinski definition) is 3. The summed E-state index contributed by atoms with van der Waals surface area (Å²) in [6, 6.07) is 3.20. The van der Waals surface area contributed by atoms with Crippen molar-refractivity contribution in [3.05, 3.63) is 29.6 Å². The summed E-state index contributed by atoms with van der Waals surface area (Å²) in [6.07, 6.45) is -0.299. The lowest BCUT2D eigenvalue weighted by atomic mass is 10.1. The standard InChI is InChI=1S/C13H15FN2O4/c14-9-5-8(1-2-11(9)17)7-16-4-3-15-13(20)10(16)6-12(18)19/h1-2,5,10,17H,3-4,6-7H2,(H,15,20)(H,18,19). The second kappa shape index (κ2) is 5.87. The molecule has 0 radical (unpaired) electrons. The Hall–Kier alpha value is -2.15. The molecule has 0 spiro atoms. The zero-order valence-electron chi connectivity index (χ0n) is 10.7. The molecule has 1 heterocycles. The summed E-state index contributed by atoms with van der Waals surface area (Å²) in [5.41, 5.74) is 0.574. The highest BCUT2D eigenvalue weighted by atomic mass is 19.1. The molecule has 1 aliphatic rings. The molecular weight excluding hydrogens is 267 g/mol. The highest BCUT2D eigenvalue weighted by Crippen LogP contribution is 2.19. The summed E-state index contributed by atoms with van der Waals surface area (Å²) in [5, 5.41) is 20.6. The highest BCUT2D eigenvalue weighted by molar-refractivity contribution is 5.86. The third-order valence-electron chi connectivity index (χ3n) is 3.21. The Kier molecular flexibility index (Phi) is 4.19. The molecule has 0 bridgehead atoms. The summed E-state index contributed by atoms with van der Waals surface area (Å²) in [4.78, 5) is 24.2. The van der Waals surface area contributed by atoms with Crippen LogP contribution in [0.5, 0.6) is 5.75 Å². The number of halogens is 1. The molecule has 7 heteroatoms. The number of aromatic hydroxyl groups is 1. The summed E-state index contributed by atoms with van der Waals surface area (Å²) in [5.74, 6) is -2.57. The number of carbonyl (C=O) groups excluding carboxylic acids is 1. The molecule has 2 rings (SSSR count). The quantitative estimate of drug-likeness (QED) is 0.739. The van der Waals surface area contributed by atoms with Gasteiger partial charge in [-0.2, -0.15) is 0 Å². The van der Waals surface area contributed by atoms with Crippen LogP contribution in [-0.4, -0.2) is 46.1 Å². The van der Waals surface area contributed by atoms with E-state index in [-0.39, 0.29) is 18.9 Å². The van der Waals surface area contributed by atoms with Gasteiger partial charge in [-0.25, -0.2) is 4.39 Å². The summed E-state index contributed by atoms with van der Waals surface area (Å²) in [7, 11) is 0. The van der Waals surface area contributed by atoms with Gasteiger partial charge in [0.2, 0.25) is 5.91 Å². The van der Waals surface area contributed by atoms with Crippen molar-refractivity contribution in [1.82, 2.24) is 10.2 Å². The number of phenolic OH excluding ortho intramolecular Hbond substituents is 1. The van der Waals surface area contributed by atoms with Crippen LogP contribution in [0.15, 0.2) is 18.2 Å². The van der Waals surface area contributed by atoms with E-state index >= 15 is 0 Å². The maximum Gasteiger partial charge on any atom is 0.305 e. The summed E-state index contributed by atoms with van der Waals surface area (Å²) in [6.45, 7) is 1.17. The van der Waals surface area contributed by atoms with Crippen molar-refractivity contribution in [1.29, 1.82) is 0 Å². The van der Waals surface area contributed by atoms with Gasteiger partial charge < -0.3 is 15.5 Å². The zero-order valence-corrected chi connectivity index (χ0v) is 10.7. The molecule has 3 N–H and O–H groups in total. The van der Waals surface area contributed by atoms with E-state index in [0.29, 0.717) is 18.7 Å². The largest absolute Gasteiger partial charge is 0.505 e. The lowest BCUT2D eigenvalue weighted by Gasteiger charge is -2.34. The molecule has 1 aliphatic heterocycles. The molecule has 0 aromatic heterocycles. The molecule has 20 heavy (non-hydrogen) atoms. The molecule has 0 aliphatic carbocycles. The van der Waals surface area contributed by atoms with Gasteiger partial charge in [0.1, 0.15) is 6.04 Å². The van der Waals surface area contributed by atoms with Crippen LogP contribution in [0.2, 0.25) is 0 Å². The Balaban J connectivity index is 2.13. The van der Waals surface area contributed by atoms with Gasteiger partial charge in [0.25, 0.3) is 0 Å². The van der Waals surface area contributed by atoms with Crippen LogP contribution in [0.1, 0.15) is 12.0 Å². The van der Waals surface area contributed by atoms with Crippen LogP contribution < -0.4 is 5.32 Å². The Morgan fingerprint density at radius 3 is 2.90 bits per heavy atom. The number of rotatable bonds is 4. The molecule has 1 aromatic carbocycles. The molecule has 1 atom stereocenters. The molecule has 1 unspecified atom stereocenters. The maximum atomic E-state index is 13.3. The van der Waals surface area contributed by atoms with Gasteiger partial charge >= 0.3 is 5.97 Å². The lowest BCUT2D eigenvalue weighted by Crippen LogP contribution is -2.55. The predicted octanol–water partition coefficient (Wildman–Crippen LogP) is 0.306. The first-order valence-corrected chi connectivity index (χ1v) is 6.18. The van der Waals surface area contributed by atoms with Crippen LogP contribution in [0, 0.1) is 5.82 Å². The smallest absolute Gasteiger partial charge is 0.305 e. The zero-order chi connectivity index (χ0) is 14.7. The Morgan fingerprint density at radius 1 is 1.50 bits per heavy atom. The van der Waals surface area contributed by atoms with Gasteiger partial charge in [0.15, 0.2) is 11.6 Å². The average molecular weight is 282 g/mol. The van der Waals surface area contributed by atoms with Crippen LogP contribution >= 0.6 is 0 Å². The molecule has 108 valence electrons. The number of amides is 1. The third-order valence-corrected chi connectivity index (χ3v) is 3.21. The monoisotopic (exact) mass is 282 g/mol. The number of carboxylic acids is 1. The van der Waals surface area contributed by atoms with Crippen LogP contribution in [-0.2, 0) is 16.1 Å². The Labute approximate surface area is 114 Å². The van der Waals surface area contributed by atoms with Gasteiger partial charge in [-0.05, 0) is 17.7 Å². The Morgan fingerprint density at radius 2 is 2.25 bits per heavy atom. The molecule has 6 nitrogen and oxygen atoms in total. The molecule has 1 amide bonds. The minimum absolute atomic E-state index is 0.253. The molecule has 0 saturated carbocycles. The average Bonchev–Trinajstić information content (AvgIpc) is 2.38. The number of hydrogen-bond acceptors (Lipinski definition) is 4. The van der Waals surface area contributed by atoms with Gasteiger partial charge in [0, 0.05) is 19.6 Å². The first-order valence-electron chi connectivity index (χ1n) is 6.18. The minimum Gasteiger partial charge on any atom is -0.505 e. The van der Waals surface area contributed by atoms with E-state index in [2.05, 4.69) is 5.32 Å². The van der Waals surface area contributed by atoms with Gasteiger partial charge in [-0.15, -0.1) is 0 Å². The number of piperazine rings is 1. The van der Waals surface area contributed by atoms with E-state index in [4.69, 9.17) is 10.2 Å². The number of nitrogens with zero attached hydrogens (tertiary/aromatic N) is 1. The fourth-order valence-corrected chi connectivity index (χ4v) is 2.22. The molecule has 1 fully saturated rings. The maximum absolute atomic E-state index is 13.3. The van der Waals surface area contributed by atoms with E-state index in [0.717, 1.165) is 0 Å². The SMILES string of the molecule is O=C(O)CC1C(=O)NCCN1Cc1ccc(O)c(F)c1. The van der Waals surface area contributed by atoms with Crippen molar-refractivity contribution < 1.29 is 24.2 Å². The van der Waals surface area contributed by atoms with E-state index < -0.39 is 23.6 Å². The number of phenols is 1. The number of carboxylic acid groups (broad SMARTS) is 1. The highest BCUT2D eigenvalue weighted by Gasteiger charge is 2.31. The number of carbonyl (C=O) groups is 2. The predicted molar refractivity (Wildman–Crippen MR) is 67.5 cm³/mol. The first-order chi connectivity index (χ1) is 9.47. The van der Waals surface area contributed by atoms with Crippen molar-refractivity contribution in [3.63, 3.8) is 0 Å². The first kappa shape index (κ1) is 14.3. The van der Waals surface area contributed by atoms with Crippen molar-refractivity contribution in [2.24, 2.45) is 0 Å². The van der Waals surface area contributed by atoms with E-state index in [1.807, 2.05) is 0 Å². The fourth-order valence-electron chi connectivity index (χ4n) is 2.22. The lowest BCUT2D eigenvalue weighted by molar-refractivity contribution is -0.143. The van der Waals surface area contributed by atoms with Crippen molar-refractivity contribution in [2.75, 3.05) is 13.1 Å². The van der Waals surface area contributed by atoms with Crippen LogP contribution in [0.3, 0.4) is 0 Å². The minimum atomic E-state index is -1.06. The summed E-state index contributed by atoms with van der Waals surface area (Å²) < 4.78 is 13.3. The topological polar surface area (TPSA) is 89.9 Å². The van der Waals surface area contributed by atoms with Crippen LogP contribution in [0.25, 0.3) is 0 Å².